The van der Waals surface area contributed by atoms with Gasteiger partial charge >= 0.3 is 5.97 Å². The van der Waals surface area contributed by atoms with Crippen LogP contribution in [0.2, 0.25) is 0 Å². The molecule has 1 heterocycles. The first kappa shape index (κ1) is 38.0. The first-order chi connectivity index (χ1) is 20.1. The van der Waals surface area contributed by atoms with Crippen molar-refractivity contribution in [3.8, 4) is 0 Å². The number of hydrogen-bond acceptors (Lipinski definition) is 6. The predicted octanol–water partition coefficient (Wildman–Crippen LogP) is 8.60. The SMILES string of the molecule is CCCC/C=C/C(CCCCCCCC)C(=O)OCC/C=C/CCN(CCCCCCO)CCCN1C=IN=C1C. The number of esters is 1. The molecule has 0 saturated heterocycles. The summed E-state index contributed by atoms with van der Waals surface area (Å²) in [6, 6.07) is 0. The second-order valence-electron chi connectivity index (χ2n) is 11.3. The fourth-order valence-electron chi connectivity index (χ4n) is 4.92. The Labute approximate surface area is 263 Å². The van der Waals surface area contributed by atoms with E-state index >= 15 is 0 Å². The van der Waals surface area contributed by atoms with Crippen molar-refractivity contribution in [3.63, 3.8) is 0 Å². The molecule has 6 nitrogen and oxygen atoms in total. The van der Waals surface area contributed by atoms with Crippen molar-refractivity contribution in [2.45, 2.75) is 130 Å². The molecule has 0 radical (unpaired) electrons. The van der Waals surface area contributed by atoms with Gasteiger partial charge in [0, 0.05) is 40.7 Å². The van der Waals surface area contributed by atoms with Gasteiger partial charge in [0.25, 0.3) is 0 Å². The van der Waals surface area contributed by atoms with Gasteiger partial charge in [-0.3, -0.25) is 4.79 Å². The van der Waals surface area contributed by atoms with Gasteiger partial charge in [0.15, 0.2) is 0 Å². The number of nitrogens with zero attached hydrogens (tertiary/aromatic N) is 3. The Morgan fingerprint density at radius 1 is 0.902 bits per heavy atom. The predicted molar refractivity (Wildman–Crippen MR) is 186 cm³/mol. The molecule has 0 aromatic rings. The summed E-state index contributed by atoms with van der Waals surface area (Å²) in [5, 5.41) is 9.03. The zero-order valence-electron chi connectivity index (χ0n) is 26.7. The minimum absolute atomic E-state index is 0.0512. The quantitative estimate of drug-likeness (QED) is 0.0387. The van der Waals surface area contributed by atoms with Crippen molar-refractivity contribution in [2.24, 2.45) is 9.12 Å². The number of carbonyl (C=O) groups is 1. The Morgan fingerprint density at radius 3 is 2.37 bits per heavy atom. The zero-order chi connectivity index (χ0) is 29.8. The van der Waals surface area contributed by atoms with E-state index in [1.807, 2.05) is 0 Å². The minimum Gasteiger partial charge on any atom is -0.465 e. The molecular weight excluding hydrogens is 625 g/mol. The number of ether oxygens (including phenoxy) is 1. The smallest absolute Gasteiger partial charge is 0.312 e. The molecule has 0 aliphatic carbocycles. The van der Waals surface area contributed by atoms with E-state index in [9.17, 15) is 4.79 Å². The van der Waals surface area contributed by atoms with E-state index in [-0.39, 0.29) is 32.9 Å². The number of amidine groups is 1. The summed E-state index contributed by atoms with van der Waals surface area (Å²) < 4.78 is 12.6. The fraction of sp³-hybridized carbons (Fsp3) is 0.794. The van der Waals surface area contributed by atoms with Gasteiger partial charge in [0.1, 0.15) is 5.84 Å². The van der Waals surface area contributed by atoms with Crippen LogP contribution in [0.3, 0.4) is 0 Å². The van der Waals surface area contributed by atoms with Gasteiger partial charge in [-0.2, -0.15) is 0 Å². The summed E-state index contributed by atoms with van der Waals surface area (Å²) in [6.45, 7) is 11.7. The maximum absolute atomic E-state index is 12.8. The lowest BCUT2D eigenvalue weighted by Crippen LogP contribution is -2.31. The highest BCUT2D eigenvalue weighted by Gasteiger charge is 2.16. The van der Waals surface area contributed by atoms with E-state index in [0.717, 1.165) is 77.5 Å². The molecule has 1 atom stereocenters. The average molecular weight is 688 g/mol. The lowest BCUT2D eigenvalue weighted by Gasteiger charge is -2.23. The number of hydrogen-bond donors (Lipinski definition) is 1. The largest absolute Gasteiger partial charge is 0.465 e. The van der Waals surface area contributed by atoms with E-state index in [0.29, 0.717) is 13.2 Å². The fourth-order valence-corrected chi connectivity index (χ4v) is 6.71. The van der Waals surface area contributed by atoms with Crippen molar-refractivity contribution >= 4 is 36.9 Å². The van der Waals surface area contributed by atoms with Crippen LogP contribution in [0, 0.1) is 5.92 Å². The molecule has 0 saturated carbocycles. The number of aliphatic hydroxyl groups is 1. The Bertz CT molecular complexity index is 753. The van der Waals surface area contributed by atoms with Crippen LogP contribution < -0.4 is 0 Å². The van der Waals surface area contributed by atoms with Crippen LogP contribution in [0.25, 0.3) is 0 Å². The van der Waals surface area contributed by atoms with Crippen LogP contribution in [-0.2, 0) is 9.53 Å². The molecule has 1 rings (SSSR count). The highest BCUT2D eigenvalue weighted by molar-refractivity contribution is 14.2. The van der Waals surface area contributed by atoms with Crippen LogP contribution in [0.4, 0.5) is 0 Å². The van der Waals surface area contributed by atoms with Gasteiger partial charge in [-0.05, 0) is 65.0 Å². The molecule has 1 aliphatic rings. The van der Waals surface area contributed by atoms with E-state index in [1.165, 1.54) is 63.6 Å². The molecule has 1 N–H and O–H groups in total. The maximum atomic E-state index is 12.8. The van der Waals surface area contributed by atoms with Crippen LogP contribution in [-0.4, -0.2) is 70.2 Å². The molecule has 0 bridgehead atoms. The van der Waals surface area contributed by atoms with E-state index in [1.54, 1.807) is 0 Å². The Balaban J connectivity index is 2.36. The summed E-state index contributed by atoms with van der Waals surface area (Å²) in [6.07, 6.45) is 27.8. The van der Waals surface area contributed by atoms with Crippen molar-refractivity contribution < 1.29 is 14.6 Å². The second kappa shape index (κ2) is 27.8. The molecule has 1 unspecified atom stereocenters. The third kappa shape index (κ3) is 21.3. The molecule has 7 heteroatoms. The summed E-state index contributed by atoms with van der Waals surface area (Å²) in [5.41, 5.74) is 0. The third-order valence-corrected chi connectivity index (χ3v) is 9.47. The lowest BCUT2D eigenvalue weighted by atomic mass is 9.99. The standard InChI is InChI=1S/C34H62IN3O3/c1-4-6-8-10-11-17-24-33(23-16-9-7-5-2)34(40)41-30-21-15-13-19-26-37(25-18-12-14-20-29-39)27-22-28-38-31-35-36-32(38)3/h13,15-16,23,31,33,39H,4-12,14,17-22,24-30H2,1-3H3/b15-13+,23-16+. The summed E-state index contributed by atoms with van der Waals surface area (Å²) in [5.74, 6) is 1.03. The number of aliphatic hydroxyl groups excluding tert-OH is 1. The molecule has 238 valence electrons. The van der Waals surface area contributed by atoms with Crippen LogP contribution >= 0.6 is 21.0 Å². The monoisotopic (exact) mass is 687 g/mol. The van der Waals surface area contributed by atoms with Gasteiger partial charge in [0.2, 0.25) is 0 Å². The summed E-state index contributed by atoms with van der Waals surface area (Å²) >= 11 is -0.114. The third-order valence-electron chi connectivity index (χ3n) is 7.58. The van der Waals surface area contributed by atoms with Crippen molar-refractivity contribution in [2.75, 3.05) is 39.4 Å². The molecule has 1 aliphatic heterocycles. The molecule has 41 heavy (non-hydrogen) atoms. The van der Waals surface area contributed by atoms with E-state index < -0.39 is 0 Å². The van der Waals surface area contributed by atoms with Crippen molar-refractivity contribution in [1.29, 1.82) is 0 Å². The lowest BCUT2D eigenvalue weighted by molar-refractivity contribution is -0.146. The number of halogens is 1. The van der Waals surface area contributed by atoms with Gasteiger partial charge in [-0.25, -0.2) is 3.21 Å². The van der Waals surface area contributed by atoms with E-state index in [2.05, 4.69) is 62.2 Å². The highest BCUT2D eigenvalue weighted by atomic mass is 127. The van der Waals surface area contributed by atoms with Gasteiger partial charge in [0.05, 0.1) is 16.7 Å². The Kier molecular flexibility index (Phi) is 25.7. The van der Waals surface area contributed by atoms with Gasteiger partial charge in [-0.1, -0.05) is 102 Å². The topological polar surface area (TPSA) is 65.4 Å². The summed E-state index contributed by atoms with van der Waals surface area (Å²) in [4.78, 5) is 17.7. The van der Waals surface area contributed by atoms with Gasteiger partial charge in [-0.15, -0.1) is 0 Å². The normalized spacial score (nSPS) is 14.4. The number of allylic oxidation sites excluding steroid dienone is 1. The Morgan fingerprint density at radius 2 is 1.61 bits per heavy atom. The molecule has 0 aromatic heterocycles. The average Bonchev–Trinajstić information content (AvgIpc) is 3.38. The Hall–Kier alpha value is -1.06. The van der Waals surface area contributed by atoms with Gasteiger partial charge < -0.3 is 19.6 Å². The maximum Gasteiger partial charge on any atom is 0.312 e. The van der Waals surface area contributed by atoms with Crippen LogP contribution in [0.5, 0.6) is 0 Å². The minimum atomic E-state index is -0.114. The molecular formula is C34H62IN3O3. The zero-order valence-corrected chi connectivity index (χ0v) is 28.9. The molecule has 0 aromatic carbocycles. The number of rotatable bonds is 28. The van der Waals surface area contributed by atoms with Crippen molar-refractivity contribution in [3.05, 3.63) is 24.3 Å². The molecule has 0 amide bonds. The second-order valence-corrected chi connectivity index (χ2v) is 12.9. The molecule has 0 spiro atoms. The van der Waals surface area contributed by atoms with Crippen LogP contribution in [0.1, 0.15) is 130 Å². The molecule has 0 fully saturated rings. The first-order valence-electron chi connectivity index (χ1n) is 16.7. The first-order valence-corrected chi connectivity index (χ1v) is 18.9. The summed E-state index contributed by atoms with van der Waals surface area (Å²) in [7, 11) is 0. The number of carbonyl (C=O) groups excluding carboxylic acids is 1. The van der Waals surface area contributed by atoms with Crippen LogP contribution in [0.15, 0.2) is 27.5 Å². The van der Waals surface area contributed by atoms with Crippen molar-refractivity contribution in [1.82, 2.24) is 9.80 Å². The highest BCUT2D eigenvalue weighted by Crippen LogP contribution is 2.16. The number of unbranched alkanes of at least 4 members (excludes halogenated alkanes) is 10. The van der Waals surface area contributed by atoms with E-state index in [4.69, 9.17) is 9.84 Å².